The molecule has 1 aromatic rings. The van der Waals surface area contributed by atoms with Gasteiger partial charge < -0.3 is 10.1 Å². The molecule has 1 saturated heterocycles. The van der Waals surface area contributed by atoms with E-state index in [1.807, 2.05) is 32.6 Å². The molecule has 23 heavy (non-hydrogen) atoms. The highest BCUT2D eigenvalue weighted by molar-refractivity contribution is 7.17. The number of anilines is 1. The van der Waals surface area contributed by atoms with Crippen LogP contribution in [0, 0.1) is 5.92 Å². The molecule has 0 saturated carbocycles. The van der Waals surface area contributed by atoms with Gasteiger partial charge in [0, 0.05) is 23.6 Å². The third kappa shape index (κ3) is 2.01. The molecule has 2 amide bonds. The molecule has 0 bridgehead atoms. The first-order valence-corrected chi connectivity index (χ1v) is 9.02. The third-order valence-electron chi connectivity index (χ3n) is 5.28. The normalized spacial score (nSPS) is 31.5. The van der Waals surface area contributed by atoms with Crippen LogP contribution in [0.25, 0.3) is 0 Å². The van der Waals surface area contributed by atoms with Crippen molar-refractivity contribution in [2.45, 2.75) is 64.8 Å². The number of thiophene rings is 1. The van der Waals surface area contributed by atoms with Crippen LogP contribution in [0.5, 0.6) is 0 Å². The lowest BCUT2D eigenvalue weighted by atomic mass is 9.91. The molecule has 2 atom stereocenters. The number of hydrogen-bond donors (Lipinski definition) is 1. The van der Waals surface area contributed by atoms with Gasteiger partial charge in [-0.1, -0.05) is 6.92 Å². The maximum atomic E-state index is 12.8. The van der Waals surface area contributed by atoms with Crippen molar-refractivity contribution >= 4 is 28.2 Å². The highest BCUT2D eigenvalue weighted by atomic mass is 32.1. The van der Waals surface area contributed by atoms with Crippen LogP contribution in [-0.2, 0) is 22.6 Å². The van der Waals surface area contributed by atoms with E-state index in [0.717, 1.165) is 21.9 Å². The Hall–Kier alpha value is -1.40. The fourth-order valence-electron chi connectivity index (χ4n) is 4.07. The lowest BCUT2D eigenvalue weighted by molar-refractivity contribution is -0.120. The summed E-state index contributed by atoms with van der Waals surface area (Å²) in [6.07, 6.45) is 2.19. The van der Waals surface area contributed by atoms with Gasteiger partial charge in [-0.15, -0.1) is 11.3 Å². The second kappa shape index (κ2) is 4.57. The quantitative estimate of drug-likeness (QED) is 0.859. The van der Waals surface area contributed by atoms with E-state index in [4.69, 9.17) is 4.74 Å². The first-order valence-electron chi connectivity index (χ1n) is 8.21. The first-order chi connectivity index (χ1) is 10.8. The van der Waals surface area contributed by atoms with E-state index in [2.05, 4.69) is 5.32 Å². The molecule has 1 aromatic heterocycles. The summed E-state index contributed by atoms with van der Waals surface area (Å²) in [6, 6.07) is 0. The van der Waals surface area contributed by atoms with Crippen molar-refractivity contribution in [2.75, 3.05) is 4.90 Å². The number of nitrogens with one attached hydrogen (secondary N) is 1. The summed E-state index contributed by atoms with van der Waals surface area (Å²) in [4.78, 5) is 28.6. The molecular formula is C17H22N2O3S. The SMILES string of the molecule is CC[C@@H]1C[C@]2(C)NC(=O)c3c(sc4c3CC(C)(C)OC4)N2C1=O. The molecule has 4 heterocycles. The molecule has 6 heteroatoms. The van der Waals surface area contributed by atoms with Crippen LogP contribution in [0.4, 0.5) is 5.00 Å². The Morgan fingerprint density at radius 3 is 2.78 bits per heavy atom. The minimum atomic E-state index is -0.592. The smallest absolute Gasteiger partial charge is 0.256 e. The molecule has 0 aromatic carbocycles. The van der Waals surface area contributed by atoms with Gasteiger partial charge in [-0.3, -0.25) is 14.5 Å². The molecule has 1 N–H and O–H groups in total. The highest BCUT2D eigenvalue weighted by Crippen LogP contribution is 2.49. The topological polar surface area (TPSA) is 58.6 Å². The van der Waals surface area contributed by atoms with Crippen molar-refractivity contribution < 1.29 is 14.3 Å². The number of carbonyl (C=O) groups excluding carboxylic acids is 2. The molecule has 4 rings (SSSR count). The number of hydrogen-bond acceptors (Lipinski definition) is 4. The van der Waals surface area contributed by atoms with Gasteiger partial charge in [0.1, 0.15) is 10.7 Å². The van der Waals surface area contributed by atoms with Crippen molar-refractivity contribution in [1.29, 1.82) is 0 Å². The van der Waals surface area contributed by atoms with Crippen molar-refractivity contribution in [3.05, 3.63) is 16.0 Å². The summed E-state index contributed by atoms with van der Waals surface area (Å²) in [5.41, 5.74) is 0.896. The van der Waals surface area contributed by atoms with Crippen LogP contribution in [0.1, 0.15) is 61.3 Å². The number of rotatable bonds is 1. The molecule has 5 nitrogen and oxygen atoms in total. The largest absolute Gasteiger partial charge is 0.370 e. The van der Waals surface area contributed by atoms with Crippen molar-refractivity contribution in [3.63, 3.8) is 0 Å². The Bertz CT molecular complexity index is 724. The summed E-state index contributed by atoms with van der Waals surface area (Å²) in [7, 11) is 0. The van der Waals surface area contributed by atoms with Crippen LogP contribution in [0.3, 0.4) is 0 Å². The van der Waals surface area contributed by atoms with Gasteiger partial charge in [0.05, 0.1) is 17.8 Å². The molecule has 124 valence electrons. The summed E-state index contributed by atoms with van der Waals surface area (Å²) < 4.78 is 5.89. The van der Waals surface area contributed by atoms with E-state index in [0.29, 0.717) is 25.0 Å². The van der Waals surface area contributed by atoms with E-state index in [1.165, 1.54) is 0 Å². The lowest BCUT2D eigenvalue weighted by Gasteiger charge is -2.39. The van der Waals surface area contributed by atoms with E-state index in [-0.39, 0.29) is 23.3 Å². The van der Waals surface area contributed by atoms with Gasteiger partial charge in [-0.2, -0.15) is 0 Å². The van der Waals surface area contributed by atoms with E-state index < -0.39 is 5.66 Å². The maximum absolute atomic E-state index is 12.8. The zero-order chi connectivity index (χ0) is 16.6. The Labute approximate surface area is 140 Å². The second-order valence-electron chi connectivity index (χ2n) is 7.62. The first kappa shape index (κ1) is 15.1. The standard InChI is InChI=1S/C17H22N2O3S/c1-5-9-6-17(4)18-13(20)12-10-7-16(2,3)22-8-11(10)23-15(12)19(17)14(9)21/h9H,5-8H2,1-4H3,(H,18,20)/t9-,17-/m1/s1. The average molecular weight is 334 g/mol. The van der Waals surface area contributed by atoms with Gasteiger partial charge in [0.15, 0.2) is 0 Å². The summed E-state index contributed by atoms with van der Waals surface area (Å²) in [5.74, 6) is 0.0756. The van der Waals surface area contributed by atoms with Gasteiger partial charge in [0.2, 0.25) is 5.91 Å². The van der Waals surface area contributed by atoms with E-state index in [1.54, 1.807) is 11.3 Å². The third-order valence-corrected chi connectivity index (χ3v) is 6.47. The van der Waals surface area contributed by atoms with Crippen LogP contribution < -0.4 is 10.2 Å². The second-order valence-corrected chi connectivity index (χ2v) is 8.70. The number of ether oxygens (including phenoxy) is 1. The minimum Gasteiger partial charge on any atom is -0.370 e. The van der Waals surface area contributed by atoms with Gasteiger partial charge in [-0.05, 0) is 32.8 Å². The molecule has 0 spiro atoms. The number of amides is 2. The Morgan fingerprint density at radius 2 is 2.09 bits per heavy atom. The zero-order valence-electron chi connectivity index (χ0n) is 14.0. The lowest BCUT2D eigenvalue weighted by Crippen LogP contribution is -2.59. The molecule has 0 unspecified atom stereocenters. The molecule has 1 fully saturated rings. The van der Waals surface area contributed by atoms with Crippen LogP contribution in [0.2, 0.25) is 0 Å². The number of nitrogens with zero attached hydrogens (tertiary/aromatic N) is 1. The number of fused-ring (bicyclic) bond motifs is 5. The van der Waals surface area contributed by atoms with Crippen LogP contribution >= 0.6 is 11.3 Å². The minimum absolute atomic E-state index is 0.0157. The van der Waals surface area contributed by atoms with Crippen molar-refractivity contribution in [3.8, 4) is 0 Å². The fourth-order valence-corrected chi connectivity index (χ4v) is 5.42. The monoisotopic (exact) mass is 334 g/mol. The maximum Gasteiger partial charge on any atom is 0.256 e. The van der Waals surface area contributed by atoms with Crippen LogP contribution in [0.15, 0.2) is 0 Å². The fraction of sp³-hybridized carbons (Fsp3) is 0.647. The van der Waals surface area contributed by atoms with Gasteiger partial charge in [-0.25, -0.2) is 0 Å². The van der Waals surface area contributed by atoms with Crippen molar-refractivity contribution in [2.24, 2.45) is 5.92 Å². The summed E-state index contributed by atoms with van der Waals surface area (Å²) in [6.45, 7) is 8.59. The Morgan fingerprint density at radius 1 is 1.35 bits per heavy atom. The van der Waals surface area contributed by atoms with E-state index in [9.17, 15) is 9.59 Å². The summed E-state index contributed by atoms with van der Waals surface area (Å²) >= 11 is 1.55. The van der Waals surface area contributed by atoms with Gasteiger partial charge >= 0.3 is 0 Å². The van der Waals surface area contributed by atoms with Crippen LogP contribution in [-0.4, -0.2) is 23.1 Å². The molecule has 3 aliphatic heterocycles. The predicted octanol–water partition coefficient (Wildman–Crippen LogP) is 2.82. The Kier molecular flexibility index (Phi) is 3.01. The molecule has 0 radical (unpaired) electrons. The average Bonchev–Trinajstić information content (AvgIpc) is 2.92. The predicted molar refractivity (Wildman–Crippen MR) is 88.6 cm³/mol. The van der Waals surface area contributed by atoms with Gasteiger partial charge in [0.25, 0.3) is 5.91 Å². The summed E-state index contributed by atoms with van der Waals surface area (Å²) in [5, 5.41) is 3.92. The van der Waals surface area contributed by atoms with E-state index >= 15 is 0 Å². The molecular weight excluding hydrogens is 312 g/mol. The number of carbonyl (C=O) groups is 2. The zero-order valence-corrected chi connectivity index (χ0v) is 14.8. The molecule has 0 aliphatic carbocycles. The molecule has 3 aliphatic rings. The Balaban J connectivity index is 1.87. The van der Waals surface area contributed by atoms with Crippen molar-refractivity contribution in [1.82, 2.24) is 5.32 Å². The highest BCUT2D eigenvalue weighted by Gasteiger charge is 2.54.